The normalized spacial score (nSPS) is 14.0. The van der Waals surface area contributed by atoms with Crippen LogP contribution in [-0.2, 0) is 0 Å². The van der Waals surface area contributed by atoms with Gasteiger partial charge in [-0.25, -0.2) is 4.39 Å². The Morgan fingerprint density at radius 2 is 1.16 bits per heavy atom. The molecule has 0 radical (unpaired) electrons. The van der Waals surface area contributed by atoms with Gasteiger partial charge >= 0.3 is 0 Å². The van der Waals surface area contributed by atoms with Gasteiger partial charge in [0.15, 0.2) is 5.78 Å². The van der Waals surface area contributed by atoms with Crippen molar-refractivity contribution in [3.8, 4) is 0 Å². The molecule has 178 valence electrons. The number of hydrogen-bond acceptors (Lipinski definition) is 1. The van der Waals surface area contributed by atoms with Crippen molar-refractivity contribution in [2.75, 3.05) is 0 Å². The van der Waals surface area contributed by atoms with E-state index in [0.29, 0.717) is 5.56 Å². The van der Waals surface area contributed by atoms with E-state index in [1.807, 2.05) is 91.0 Å². The van der Waals surface area contributed by atoms with Gasteiger partial charge in [0.1, 0.15) is 5.82 Å². The number of hydrogen-bond donors (Lipinski definition) is 0. The molecule has 0 N–H and O–H groups in total. The van der Waals surface area contributed by atoms with E-state index in [4.69, 9.17) is 0 Å². The molecule has 0 amide bonds. The summed E-state index contributed by atoms with van der Waals surface area (Å²) in [6, 6.07) is 45.1. The van der Waals surface area contributed by atoms with Gasteiger partial charge < -0.3 is 0 Å². The van der Waals surface area contributed by atoms with E-state index in [1.165, 1.54) is 6.07 Å². The van der Waals surface area contributed by atoms with Gasteiger partial charge in [-0.15, -0.1) is 0 Å². The first-order valence-corrected chi connectivity index (χ1v) is 14.0. The third-order valence-electron chi connectivity index (χ3n) is 6.89. The Labute approximate surface area is 216 Å². The van der Waals surface area contributed by atoms with Gasteiger partial charge in [0.05, 0.1) is 0 Å². The summed E-state index contributed by atoms with van der Waals surface area (Å²) in [5, 5.41) is 4.08. The fraction of sp³-hybridized carbons (Fsp3) is 0. The molecule has 0 aromatic heterocycles. The topological polar surface area (TPSA) is 17.1 Å². The molecule has 6 rings (SSSR count). The van der Waals surface area contributed by atoms with Gasteiger partial charge in [-0.3, -0.25) is 4.79 Å². The average molecular weight is 499 g/mol. The lowest BCUT2D eigenvalue weighted by atomic mass is 9.95. The third kappa shape index (κ3) is 3.91. The fourth-order valence-corrected chi connectivity index (χ4v) is 9.83. The highest BCUT2D eigenvalue weighted by molar-refractivity contribution is 7.97. The number of rotatable bonds is 5. The predicted octanol–water partition coefficient (Wildman–Crippen LogP) is 6.62. The molecular weight excluding hydrogens is 474 g/mol. The van der Waals surface area contributed by atoms with Crippen LogP contribution in [0.25, 0.3) is 5.57 Å². The zero-order chi connectivity index (χ0) is 25.2. The molecule has 5 aromatic rings. The molecule has 0 saturated heterocycles. The quantitative estimate of drug-likeness (QED) is 0.197. The van der Waals surface area contributed by atoms with Crippen LogP contribution in [0.3, 0.4) is 0 Å². The Bertz CT molecular complexity index is 1640. The highest BCUT2D eigenvalue weighted by Gasteiger charge is 2.37. The number of Topliss-reactive ketones (excluding diaryl/α,β-unsaturated/α-hetero) is 1. The second kappa shape index (κ2) is 9.65. The summed E-state index contributed by atoms with van der Waals surface area (Å²) >= 11 is 0. The van der Waals surface area contributed by atoms with E-state index in [2.05, 4.69) is 36.4 Å². The van der Waals surface area contributed by atoms with Gasteiger partial charge in [0.25, 0.3) is 0 Å². The van der Waals surface area contributed by atoms with E-state index in [0.717, 1.165) is 37.9 Å². The SMILES string of the molecule is O=C(C1=P(c2ccccc2)(c2ccccc2)c2ccccc2C(c2cccc(F)c2)=C1)c1ccccc1. The van der Waals surface area contributed by atoms with Crippen molar-refractivity contribution < 1.29 is 9.18 Å². The van der Waals surface area contributed by atoms with Crippen LogP contribution in [0.5, 0.6) is 0 Å². The first kappa shape index (κ1) is 23.2. The molecule has 0 unspecified atom stereocenters. The summed E-state index contributed by atoms with van der Waals surface area (Å²) < 4.78 is 14.4. The summed E-state index contributed by atoms with van der Waals surface area (Å²) in [5.74, 6) is -0.311. The number of allylic oxidation sites excluding steroid dienone is 1. The van der Waals surface area contributed by atoms with E-state index < -0.39 is 6.89 Å². The average Bonchev–Trinajstić information content (AvgIpc) is 2.97. The predicted molar refractivity (Wildman–Crippen MR) is 154 cm³/mol. The van der Waals surface area contributed by atoms with Crippen molar-refractivity contribution in [3.05, 3.63) is 168 Å². The van der Waals surface area contributed by atoms with Crippen LogP contribution < -0.4 is 15.9 Å². The number of halogens is 1. The Morgan fingerprint density at radius 3 is 1.78 bits per heavy atom. The molecule has 1 nitrogen and oxygen atoms in total. The van der Waals surface area contributed by atoms with Crippen LogP contribution in [-0.4, -0.2) is 11.1 Å². The Balaban J connectivity index is 1.83. The largest absolute Gasteiger partial charge is 0.289 e. The van der Waals surface area contributed by atoms with Gasteiger partial charge in [-0.05, 0) is 57.7 Å². The van der Waals surface area contributed by atoms with E-state index in [-0.39, 0.29) is 11.6 Å². The monoisotopic (exact) mass is 498 g/mol. The highest BCUT2D eigenvalue weighted by atomic mass is 31.2. The third-order valence-corrected chi connectivity index (χ3v) is 11.2. The van der Waals surface area contributed by atoms with Gasteiger partial charge in [0, 0.05) is 10.9 Å². The summed E-state index contributed by atoms with van der Waals surface area (Å²) in [6.45, 7) is -2.59. The summed E-state index contributed by atoms with van der Waals surface area (Å²) in [5.41, 5.74) is 3.28. The Kier molecular flexibility index (Phi) is 6.04. The molecule has 1 aliphatic rings. The minimum Gasteiger partial charge on any atom is -0.289 e. The molecule has 0 aliphatic carbocycles. The van der Waals surface area contributed by atoms with Crippen LogP contribution in [0.15, 0.2) is 146 Å². The zero-order valence-electron chi connectivity index (χ0n) is 20.1. The fourth-order valence-electron chi connectivity index (χ4n) is 5.29. The van der Waals surface area contributed by atoms with Crippen LogP contribution in [0, 0.1) is 5.82 Å². The number of benzene rings is 5. The highest BCUT2D eigenvalue weighted by Crippen LogP contribution is 2.52. The van der Waals surface area contributed by atoms with Crippen molar-refractivity contribution in [1.82, 2.24) is 0 Å². The van der Waals surface area contributed by atoms with E-state index >= 15 is 0 Å². The minimum absolute atomic E-state index is 0.00922. The second-order valence-electron chi connectivity index (χ2n) is 9.01. The number of fused-ring (bicyclic) bond motifs is 1. The summed E-state index contributed by atoms with van der Waals surface area (Å²) in [6.07, 6.45) is 2.03. The molecule has 0 spiro atoms. The smallest absolute Gasteiger partial charge is 0.194 e. The molecule has 3 heteroatoms. The molecule has 5 aromatic carbocycles. The number of carbonyl (C=O) groups is 1. The molecular formula is C34H24FOP. The van der Waals surface area contributed by atoms with Crippen molar-refractivity contribution >= 4 is 39.4 Å². The van der Waals surface area contributed by atoms with Crippen molar-refractivity contribution in [2.24, 2.45) is 0 Å². The second-order valence-corrected chi connectivity index (χ2v) is 12.3. The maximum absolute atomic E-state index is 14.5. The minimum atomic E-state index is -2.59. The zero-order valence-corrected chi connectivity index (χ0v) is 21.0. The maximum atomic E-state index is 14.5. The summed E-state index contributed by atoms with van der Waals surface area (Å²) in [4.78, 5) is 14.5. The van der Waals surface area contributed by atoms with Gasteiger partial charge in [-0.1, -0.05) is 127 Å². The Morgan fingerprint density at radius 1 is 0.595 bits per heavy atom. The van der Waals surface area contributed by atoms with Gasteiger partial charge in [0.2, 0.25) is 0 Å². The molecule has 1 aliphatic heterocycles. The Hall–Kier alpha value is -4.26. The number of carbonyl (C=O) groups excluding carboxylic acids is 1. The summed E-state index contributed by atoms with van der Waals surface area (Å²) in [7, 11) is 0. The lowest BCUT2D eigenvalue weighted by Gasteiger charge is -2.36. The van der Waals surface area contributed by atoms with Crippen molar-refractivity contribution in [1.29, 1.82) is 0 Å². The molecule has 1 heterocycles. The van der Waals surface area contributed by atoms with Crippen molar-refractivity contribution in [2.45, 2.75) is 0 Å². The van der Waals surface area contributed by atoms with Crippen LogP contribution >= 0.6 is 6.89 Å². The standard InChI is InChI=1S/C34H24FOP/c35-27-16-12-15-26(23-27)31-24-33(34(36)25-13-4-1-5-14-25)37(28-17-6-2-7-18-28,29-19-8-3-9-20-29)32-22-11-10-21-30(31)32/h1-24H. The van der Waals surface area contributed by atoms with Crippen molar-refractivity contribution in [3.63, 3.8) is 0 Å². The van der Waals surface area contributed by atoms with Crippen LogP contribution in [0.4, 0.5) is 4.39 Å². The lowest BCUT2D eigenvalue weighted by Crippen LogP contribution is -2.36. The molecule has 0 fully saturated rings. The maximum Gasteiger partial charge on any atom is 0.194 e. The first-order valence-electron chi connectivity index (χ1n) is 12.2. The molecule has 0 saturated carbocycles. The van der Waals surface area contributed by atoms with Gasteiger partial charge in [-0.2, -0.15) is 0 Å². The van der Waals surface area contributed by atoms with Crippen LogP contribution in [0.1, 0.15) is 21.5 Å². The molecule has 0 bridgehead atoms. The lowest BCUT2D eigenvalue weighted by molar-refractivity contribution is 0.106. The number of ketones is 1. The van der Waals surface area contributed by atoms with E-state index in [1.54, 1.807) is 12.1 Å². The molecule has 0 atom stereocenters. The van der Waals surface area contributed by atoms with Crippen LogP contribution in [0.2, 0.25) is 0 Å². The first-order chi connectivity index (χ1) is 18.2. The van der Waals surface area contributed by atoms with E-state index in [9.17, 15) is 9.18 Å². The molecule has 37 heavy (non-hydrogen) atoms.